The highest BCUT2D eigenvalue weighted by molar-refractivity contribution is 6.18. The van der Waals surface area contributed by atoms with Crippen LogP contribution in [-0.2, 0) is 24.1 Å². The van der Waals surface area contributed by atoms with Crippen LogP contribution in [0, 0.1) is 0 Å². The summed E-state index contributed by atoms with van der Waals surface area (Å²) in [5, 5.41) is 8.89. The first-order valence-electron chi connectivity index (χ1n) is 6.00. The Morgan fingerprint density at radius 1 is 1.21 bits per heavy atom. The second-order valence-electron chi connectivity index (χ2n) is 4.30. The predicted octanol–water partition coefficient (Wildman–Crippen LogP) is 1.79. The number of rotatable bonds is 7. The molecule has 0 amide bonds. The van der Waals surface area contributed by atoms with Crippen molar-refractivity contribution in [3.05, 3.63) is 28.8 Å². The van der Waals surface area contributed by atoms with Crippen LogP contribution >= 0.6 is 23.2 Å². The summed E-state index contributed by atoms with van der Waals surface area (Å²) in [5.41, 5.74) is 15.0. The number of nitrogens with two attached hydrogens (primary N) is 2. The smallest absolute Gasteiger partial charge is 0.320 e. The van der Waals surface area contributed by atoms with Gasteiger partial charge in [0, 0.05) is 17.4 Å². The maximum absolute atomic E-state index is 10.9. The van der Waals surface area contributed by atoms with Crippen LogP contribution < -0.4 is 11.5 Å². The van der Waals surface area contributed by atoms with Crippen molar-refractivity contribution < 1.29 is 9.90 Å². The number of hydrogen-bond acceptors (Lipinski definition) is 3. The number of nitrogen functional groups attached to an aromatic ring is 1. The molecule has 0 spiro atoms. The van der Waals surface area contributed by atoms with E-state index in [-0.39, 0.29) is 6.42 Å². The van der Waals surface area contributed by atoms with Crippen molar-refractivity contribution in [2.75, 3.05) is 17.5 Å². The van der Waals surface area contributed by atoms with Crippen LogP contribution in [0.2, 0.25) is 0 Å². The first-order valence-corrected chi connectivity index (χ1v) is 7.07. The van der Waals surface area contributed by atoms with E-state index in [2.05, 4.69) is 0 Å². The van der Waals surface area contributed by atoms with Crippen LogP contribution in [0.25, 0.3) is 0 Å². The Balaban J connectivity index is 3.15. The molecule has 1 rings (SSSR count). The Morgan fingerprint density at radius 3 is 2.32 bits per heavy atom. The highest BCUT2D eigenvalue weighted by Crippen LogP contribution is 2.24. The van der Waals surface area contributed by atoms with Crippen LogP contribution in [0.1, 0.15) is 16.7 Å². The van der Waals surface area contributed by atoms with Crippen molar-refractivity contribution in [1.29, 1.82) is 0 Å². The first kappa shape index (κ1) is 16.1. The van der Waals surface area contributed by atoms with Gasteiger partial charge in [0.1, 0.15) is 6.04 Å². The topological polar surface area (TPSA) is 89.3 Å². The van der Waals surface area contributed by atoms with Gasteiger partial charge >= 0.3 is 5.97 Å². The van der Waals surface area contributed by atoms with Gasteiger partial charge in [-0.05, 0) is 42.0 Å². The Bertz CT molecular complexity index is 453. The number of carboxylic acids is 1. The molecule has 0 bridgehead atoms. The zero-order valence-electron chi connectivity index (χ0n) is 10.5. The Kier molecular flexibility index (Phi) is 6.42. The lowest BCUT2D eigenvalue weighted by Gasteiger charge is -2.17. The maximum atomic E-state index is 10.9. The number of carbonyl (C=O) groups is 1. The zero-order chi connectivity index (χ0) is 14.4. The van der Waals surface area contributed by atoms with Gasteiger partial charge in [0.15, 0.2) is 0 Å². The number of hydrogen-bond donors (Lipinski definition) is 3. The van der Waals surface area contributed by atoms with Gasteiger partial charge in [0.05, 0.1) is 0 Å². The minimum atomic E-state index is -1.02. The lowest BCUT2D eigenvalue weighted by atomic mass is 9.92. The molecule has 1 atom stereocenters. The Labute approximate surface area is 122 Å². The van der Waals surface area contributed by atoms with Gasteiger partial charge < -0.3 is 16.6 Å². The van der Waals surface area contributed by atoms with Crippen molar-refractivity contribution in [3.8, 4) is 0 Å². The Morgan fingerprint density at radius 2 is 1.79 bits per heavy atom. The van der Waals surface area contributed by atoms with Gasteiger partial charge in [-0.15, -0.1) is 23.2 Å². The lowest BCUT2D eigenvalue weighted by Crippen LogP contribution is -2.32. The molecule has 6 heteroatoms. The molecule has 1 unspecified atom stereocenters. The van der Waals surface area contributed by atoms with Crippen LogP contribution in [0.15, 0.2) is 12.1 Å². The van der Waals surface area contributed by atoms with Crippen molar-refractivity contribution in [3.63, 3.8) is 0 Å². The molecule has 19 heavy (non-hydrogen) atoms. The summed E-state index contributed by atoms with van der Waals surface area (Å²) in [4.78, 5) is 10.9. The van der Waals surface area contributed by atoms with E-state index in [0.717, 1.165) is 16.7 Å². The molecule has 0 fully saturated rings. The number of anilines is 1. The third-order valence-electron chi connectivity index (χ3n) is 3.01. The largest absolute Gasteiger partial charge is 0.480 e. The minimum Gasteiger partial charge on any atom is -0.480 e. The summed E-state index contributed by atoms with van der Waals surface area (Å²) in [6, 6.07) is 2.66. The number of carboxylic acid groups (broad SMARTS) is 1. The predicted molar refractivity (Wildman–Crippen MR) is 79.0 cm³/mol. The second-order valence-corrected chi connectivity index (χ2v) is 5.05. The highest BCUT2D eigenvalue weighted by Gasteiger charge is 2.17. The Hall–Kier alpha value is -0.970. The van der Waals surface area contributed by atoms with Crippen molar-refractivity contribution >= 4 is 34.9 Å². The maximum Gasteiger partial charge on any atom is 0.320 e. The van der Waals surface area contributed by atoms with Gasteiger partial charge in [-0.2, -0.15) is 0 Å². The SMILES string of the molecule is Nc1ccc(CC(N)C(=O)O)c(CCCl)c1CCCl. The second kappa shape index (κ2) is 7.58. The number of benzene rings is 1. The summed E-state index contributed by atoms with van der Waals surface area (Å²) >= 11 is 11.6. The van der Waals surface area contributed by atoms with Crippen LogP contribution in [-0.4, -0.2) is 28.9 Å². The van der Waals surface area contributed by atoms with E-state index in [1.165, 1.54) is 0 Å². The standard InChI is InChI=1S/C13H18Cl2N2O2/c14-5-3-9-8(7-12(17)13(18)19)1-2-11(16)10(9)4-6-15/h1-2,12H,3-7,16-17H2,(H,18,19). The third kappa shape index (κ3) is 4.27. The molecule has 0 aromatic heterocycles. The van der Waals surface area contributed by atoms with E-state index >= 15 is 0 Å². The van der Waals surface area contributed by atoms with Gasteiger partial charge in [0.2, 0.25) is 0 Å². The normalized spacial score (nSPS) is 12.4. The lowest BCUT2D eigenvalue weighted by molar-refractivity contribution is -0.138. The fraction of sp³-hybridized carbons (Fsp3) is 0.462. The van der Waals surface area contributed by atoms with Crippen molar-refractivity contribution in [2.24, 2.45) is 5.73 Å². The zero-order valence-corrected chi connectivity index (χ0v) is 12.0. The molecule has 0 heterocycles. The summed E-state index contributed by atoms with van der Waals surface area (Å²) in [6.45, 7) is 0. The summed E-state index contributed by atoms with van der Waals surface area (Å²) in [6.07, 6.45) is 1.52. The van der Waals surface area contributed by atoms with Gasteiger partial charge in [-0.25, -0.2) is 0 Å². The molecule has 0 radical (unpaired) electrons. The molecule has 5 N–H and O–H groups in total. The number of halogens is 2. The van der Waals surface area contributed by atoms with E-state index in [1.807, 2.05) is 6.07 Å². The van der Waals surface area contributed by atoms with Crippen molar-refractivity contribution in [1.82, 2.24) is 0 Å². The fourth-order valence-corrected chi connectivity index (χ4v) is 2.45. The molecule has 1 aromatic carbocycles. The number of alkyl halides is 2. The average molecular weight is 305 g/mol. The molecule has 0 aliphatic rings. The van der Waals surface area contributed by atoms with Gasteiger partial charge in [-0.3, -0.25) is 4.79 Å². The monoisotopic (exact) mass is 304 g/mol. The number of aliphatic carboxylic acids is 1. The molecule has 0 aliphatic heterocycles. The molecule has 106 valence electrons. The van der Waals surface area contributed by atoms with E-state index < -0.39 is 12.0 Å². The highest BCUT2D eigenvalue weighted by atomic mass is 35.5. The fourth-order valence-electron chi connectivity index (χ4n) is 2.07. The molecule has 1 aromatic rings. The minimum absolute atomic E-state index is 0.261. The van der Waals surface area contributed by atoms with E-state index in [9.17, 15) is 4.79 Å². The van der Waals surface area contributed by atoms with Crippen LogP contribution in [0.5, 0.6) is 0 Å². The van der Waals surface area contributed by atoms with E-state index in [0.29, 0.717) is 30.3 Å². The quantitative estimate of drug-likeness (QED) is 0.529. The molecule has 0 saturated heterocycles. The van der Waals surface area contributed by atoms with Crippen LogP contribution in [0.3, 0.4) is 0 Å². The van der Waals surface area contributed by atoms with E-state index in [4.69, 9.17) is 39.8 Å². The molecule has 4 nitrogen and oxygen atoms in total. The molecular formula is C13H18Cl2N2O2. The van der Waals surface area contributed by atoms with E-state index in [1.54, 1.807) is 6.07 Å². The van der Waals surface area contributed by atoms with Crippen LogP contribution in [0.4, 0.5) is 5.69 Å². The molecule has 0 saturated carbocycles. The van der Waals surface area contributed by atoms with Gasteiger partial charge in [0.25, 0.3) is 0 Å². The van der Waals surface area contributed by atoms with Gasteiger partial charge in [-0.1, -0.05) is 6.07 Å². The molecule has 0 aliphatic carbocycles. The first-order chi connectivity index (χ1) is 9.01. The summed E-state index contributed by atoms with van der Waals surface area (Å²) < 4.78 is 0. The summed E-state index contributed by atoms with van der Waals surface area (Å²) in [7, 11) is 0. The third-order valence-corrected chi connectivity index (χ3v) is 3.39. The average Bonchev–Trinajstić information content (AvgIpc) is 2.36. The molecular weight excluding hydrogens is 287 g/mol. The summed E-state index contributed by atoms with van der Waals surface area (Å²) in [5.74, 6) is -0.130. The van der Waals surface area contributed by atoms with Crippen molar-refractivity contribution in [2.45, 2.75) is 25.3 Å².